The predicted molar refractivity (Wildman–Crippen MR) is 81.3 cm³/mol. The van der Waals surface area contributed by atoms with Gasteiger partial charge in [-0.15, -0.1) is 0 Å². The molecule has 114 valence electrons. The van der Waals surface area contributed by atoms with Gasteiger partial charge >= 0.3 is 0 Å². The molecule has 0 spiro atoms. The molecule has 1 N–H and O–H groups in total. The molecule has 0 aliphatic heterocycles. The highest BCUT2D eigenvalue weighted by Crippen LogP contribution is 2.30. The Bertz CT molecular complexity index is 765. The lowest BCUT2D eigenvalue weighted by Gasteiger charge is -2.09. The number of oxime groups is 1. The summed E-state index contributed by atoms with van der Waals surface area (Å²) in [6.45, 7) is 1.41. The molecule has 6 nitrogen and oxygen atoms in total. The first-order valence-corrected chi connectivity index (χ1v) is 6.82. The number of nitrogens with zero attached hydrogens (tertiary/aromatic N) is 2. The zero-order valence-electron chi connectivity index (χ0n) is 11.3. The Morgan fingerprint density at radius 3 is 2.68 bits per heavy atom. The van der Waals surface area contributed by atoms with Crippen LogP contribution in [0.4, 0.5) is 10.1 Å². The maximum Gasteiger partial charge on any atom is 0.278 e. The first kappa shape index (κ1) is 15.9. The van der Waals surface area contributed by atoms with Crippen LogP contribution in [0.2, 0.25) is 0 Å². The minimum Gasteiger partial charge on any atom is -0.454 e. The Morgan fingerprint density at radius 2 is 2.09 bits per heavy atom. The van der Waals surface area contributed by atoms with Crippen molar-refractivity contribution in [3.8, 4) is 11.5 Å². The van der Waals surface area contributed by atoms with Crippen molar-refractivity contribution < 1.29 is 19.3 Å². The molecule has 2 aromatic rings. The quantitative estimate of drug-likeness (QED) is 0.373. The largest absolute Gasteiger partial charge is 0.454 e. The zero-order valence-corrected chi connectivity index (χ0v) is 12.9. The number of nitro benzene ring substituents is 1. The summed E-state index contributed by atoms with van der Waals surface area (Å²) in [5, 5.41) is 22.7. The van der Waals surface area contributed by atoms with Gasteiger partial charge in [0.05, 0.1) is 16.2 Å². The molecular weight excluding hydrogens is 359 g/mol. The highest BCUT2D eigenvalue weighted by Gasteiger charge is 2.18. The van der Waals surface area contributed by atoms with Gasteiger partial charge in [-0.05, 0) is 37.3 Å². The van der Waals surface area contributed by atoms with Crippen LogP contribution in [0.25, 0.3) is 0 Å². The SMILES string of the molecule is CC(=NO)c1cc(Oc2ccc(Br)cc2F)ccc1[N+](=O)[O-]. The average Bonchev–Trinajstić information content (AvgIpc) is 2.49. The van der Waals surface area contributed by atoms with E-state index in [9.17, 15) is 14.5 Å². The van der Waals surface area contributed by atoms with Crippen LogP contribution in [0.1, 0.15) is 12.5 Å². The molecule has 0 bridgehead atoms. The van der Waals surface area contributed by atoms with Crippen molar-refractivity contribution in [1.29, 1.82) is 0 Å². The predicted octanol–water partition coefficient (Wildman–Crippen LogP) is 4.49. The maximum absolute atomic E-state index is 13.7. The van der Waals surface area contributed by atoms with Crippen molar-refractivity contribution >= 4 is 27.3 Å². The summed E-state index contributed by atoms with van der Waals surface area (Å²) in [6.07, 6.45) is 0. The fourth-order valence-corrected chi connectivity index (χ4v) is 2.10. The maximum atomic E-state index is 13.7. The Labute approximate surface area is 133 Å². The van der Waals surface area contributed by atoms with Gasteiger partial charge in [-0.25, -0.2) is 4.39 Å². The number of ether oxygens (including phenoxy) is 1. The topological polar surface area (TPSA) is 85.0 Å². The van der Waals surface area contributed by atoms with Gasteiger partial charge < -0.3 is 9.94 Å². The molecule has 0 aromatic heterocycles. The highest BCUT2D eigenvalue weighted by atomic mass is 79.9. The van der Waals surface area contributed by atoms with Gasteiger partial charge in [-0.3, -0.25) is 10.1 Å². The van der Waals surface area contributed by atoms with Crippen molar-refractivity contribution in [2.24, 2.45) is 5.16 Å². The third-order valence-corrected chi connectivity index (χ3v) is 3.32. The minimum atomic E-state index is -0.603. The lowest BCUT2D eigenvalue weighted by atomic mass is 10.1. The van der Waals surface area contributed by atoms with E-state index >= 15 is 0 Å². The number of benzene rings is 2. The van der Waals surface area contributed by atoms with Crippen LogP contribution in [0.15, 0.2) is 46.0 Å². The second kappa shape index (κ2) is 6.52. The first-order valence-electron chi connectivity index (χ1n) is 6.02. The van der Waals surface area contributed by atoms with Gasteiger partial charge in [0.1, 0.15) is 5.75 Å². The third-order valence-electron chi connectivity index (χ3n) is 2.83. The van der Waals surface area contributed by atoms with E-state index in [2.05, 4.69) is 21.1 Å². The van der Waals surface area contributed by atoms with E-state index < -0.39 is 10.7 Å². The van der Waals surface area contributed by atoms with E-state index in [1.165, 1.54) is 37.3 Å². The summed E-state index contributed by atoms with van der Waals surface area (Å²) in [4.78, 5) is 10.4. The summed E-state index contributed by atoms with van der Waals surface area (Å²) >= 11 is 3.13. The third kappa shape index (κ3) is 3.40. The molecule has 8 heteroatoms. The smallest absolute Gasteiger partial charge is 0.278 e. The zero-order chi connectivity index (χ0) is 16.3. The van der Waals surface area contributed by atoms with Crippen LogP contribution in [0.5, 0.6) is 11.5 Å². The number of rotatable bonds is 4. The van der Waals surface area contributed by atoms with E-state index in [0.29, 0.717) is 4.47 Å². The molecule has 0 heterocycles. The van der Waals surface area contributed by atoms with Crippen LogP contribution in [-0.2, 0) is 0 Å². The van der Waals surface area contributed by atoms with E-state index in [4.69, 9.17) is 9.94 Å². The van der Waals surface area contributed by atoms with Crippen molar-refractivity contribution in [1.82, 2.24) is 0 Å². The summed E-state index contributed by atoms with van der Waals surface area (Å²) in [6, 6.07) is 8.12. The molecule has 0 atom stereocenters. The molecule has 0 saturated heterocycles. The van der Waals surface area contributed by atoms with Crippen molar-refractivity contribution in [3.05, 3.63) is 62.4 Å². The second-order valence-electron chi connectivity index (χ2n) is 4.30. The minimum absolute atomic E-state index is 0.0263. The summed E-state index contributed by atoms with van der Waals surface area (Å²) in [7, 11) is 0. The normalized spacial score (nSPS) is 11.3. The van der Waals surface area contributed by atoms with Gasteiger partial charge in [-0.2, -0.15) is 0 Å². The Balaban J connectivity index is 2.42. The molecule has 0 aliphatic carbocycles. The molecule has 0 amide bonds. The molecule has 0 radical (unpaired) electrons. The Morgan fingerprint density at radius 1 is 1.36 bits per heavy atom. The summed E-state index contributed by atoms with van der Waals surface area (Å²) < 4.78 is 19.7. The Hall–Kier alpha value is -2.48. The molecular formula is C14H10BrFN2O4. The molecule has 0 aliphatic rings. The Kier molecular flexibility index (Phi) is 4.71. The summed E-state index contributed by atoms with van der Waals surface area (Å²) in [5.41, 5.74) is -0.102. The number of hydrogen-bond acceptors (Lipinski definition) is 5. The molecule has 0 fully saturated rings. The molecule has 22 heavy (non-hydrogen) atoms. The van der Waals surface area contributed by atoms with E-state index in [-0.39, 0.29) is 28.5 Å². The van der Waals surface area contributed by atoms with Gasteiger partial charge in [-0.1, -0.05) is 21.1 Å². The van der Waals surface area contributed by atoms with Crippen LogP contribution in [0, 0.1) is 15.9 Å². The first-order chi connectivity index (χ1) is 10.4. The number of hydrogen-bond donors (Lipinski definition) is 1. The average molecular weight is 369 g/mol. The monoisotopic (exact) mass is 368 g/mol. The van der Waals surface area contributed by atoms with Crippen molar-refractivity contribution in [2.75, 3.05) is 0 Å². The highest BCUT2D eigenvalue weighted by molar-refractivity contribution is 9.10. The second-order valence-corrected chi connectivity index (χ2v) is 5.21. The van der Waals surface area contributed by atoms with Crippen LogP contribution in [0.3, 0.4) is 0 Å². The van der Waals surface area contributed by atoms with Crippen molar-refractivity contribution in [2.45, 2.75) is 6.92 Å². The number of halogens is 2. The fourth-order valence-electron chi connectivity index (χ4n) is 1.77. The summed E-state index contributed by atoms with van der Waals surface area (Å²) in [5.74, 6) is -0.423. The van der Waals surface area contributed by atoms with E-state index in [1.54, 1.807) is 6.07 Å². The van der Waals surface area contributed by atoms with E-state index in [1.807, 2.05) is 0 Å². The fraction of sp³-hybridized carbons (Fsp3) is 0.0714. The standard InChI is InChI=1S/C14H10BrFN2O4/c1-8(17-19)11-7-10(3-4-13(11)18(20)21)22-14-5-2-9(15)6-12(14)16/h2-7,19H,1H3. The lowest BCUT2D eigenvalue weighted by molar-refractivity contribution is -0.385. The van der Waals surface area contributed by atoms with Gasteiger partial charge in [0.15, 0.2) is 11.6 Å². The van der Waals surface area contributed by atoms with Crippen LogP contribution >= 0.6 is 15.9 Å². The van der Waals surface area contributed by atoms with Crippen LogP contribution in [-0.4, -0.2) is 15.8 Å². The lowest BCUT2D eigenvalue weighted by Crippen LogP contribution is -2.02. The van der Waals surface area contributed by atoms with Gasteiger partial charge in [0, 0.05) is 10.5 Å². The van der Waals surface area contributed by atoms with Crippen molar-refractivity contribution in [3.63, 3.8) is 0 Å². The van der Waals surface area contributed by atoms with Crippen LogP contribution < -0.4 is 4.74 Å². The molecule has 0 saturated carbocycles. The van der Waals surface area contributed by atoms with Gasteiger partial charge in [0.25, 0.3) is 5.69 Å². The van der Waals surface area contributed by atoms with Gasteiger partial charge in [0.2, 0.25) is 0 Å². The molecule has 2 aromatic carbocycles. The molecule has 2 rings (SSSR count). The number of nitro groups is 1. The molecule has 0 unspecified atom stereocenters. The van der Waals surface area contributed by atoms with E-state index in [0.717, 1.165) is 0 Å².